The van der Waals surface area contributed by atoms with E-state index in [0.717, 1.165) is 10.4 Å². The number of halogens is 2. The number of carboxylic acid groups (broad SMARTS) is 1. The van der Waals surface area contributed by atoms with Gasteiger partial charge in [0, 0.05) is 10.6 Å². The van der Waals surface area contributed by atoms with E-state index in [9.17, 15) is 9.90 Å². The molecule has 3 aromatic rings. The van der Waals surface area contributed by atoms with E-state index < -0.39 is 5.97 Å². The lowest BCUT2D eigenvalue weighted by Gasteiger charge is -2.11. The van der Waals surface area contributed by atoms with Crippen molar-refractivity contribution in [3.05, 3.63) is 69.5 Å². The summed E-state index contributed by atoms with van der Waals surface area (Å²) in [5, 5.41) is 12.6. The first kappa shape index (κ1) is 15.1. The van der Waals surface area contributed by atoms with Crippen molar-refractivity contribution in [2.24, 2.45) is 0 Å². The van der Waals surface area contributed by atoms with Crippen LogP contribution in [-0.2, 0) is 0 Å². The van der Waals surface area contributed by atoms with Crippen molar-refractivity contribution < 1.29 is 9.90 Å². The molecule has 1 heterocycles. The number of benzene rings is 2. The predicted molar refractivity (Wildman–Crippen MR) is 91.0 cm³/mol. The van der Waals surface area contributed by atoms with Crippen molar-refractivity contribution in [2.75, 3.05) is 0 Å². The van der Waals surface area contributed by atoms with Gasteiger partial charge in [-0.05, 0) is 52.9 Å². The lowest BCUT2D eigenvalue weighted by atomic mass is 9.94. The molecule has 0 fully saturated rings. The van der Waals surface area contributed by atoms with Gasteiger partial charge < -0.3 is 5.11 Å². The number of hydrogen-bond donors (Lipinski definition) is 1. The largest absolute Gasteiger partial charge is 0.478 e. The summed E-state index contributed by atoms with van der Waals surface area (Å²) in [6.07, 6.45) is 0. The number of thiophene rings is 1. The van der Waals surface area contributed by atoms with Gasteiger partial charge in [0.05, 0.1) is 15.5 Å². The third-order valence-electron chi connectivity index (χ3n) is 3.22. The van der Waals surface area contributed by atoms with E-state index >= 15 is 0 Å². The summed E-state index contributed by atoms with van der Waals surface area (Å²) in [5.41, 5.74) is 2.14. The molecule has 1 N–H and O–H groups in total. The van der Waals surface area contributed by atoms with E-state index in [1.165, 1.54) is 11.3 Å². The molecule has 0 amide bonds. The Morgan fingerprint density at radius 3 is 2.32 bits per heavy atom. The van der Waals surface area contributed by atoms with Gasteiger partial charge in [-0.1, -0.05) is 35.3 Å². The molecule has 5 heteroatoms. The van der Waals surface area contributed by atoms with E-state index in [1.807, 2.05) is 5.38 Å². The number of carboxylic acids is 1. The Bertz CT molecular complexity index is 838. The van der Waals surface area contributed by atoms with Gasteiger partial charge in [0.2, 0.25) is 0 Å². The first-order chi connectivity index (χ1) is 10.6. The minimum absolute atomic E-state index is 0.213. The number of aromatic carboxylic acids is 1. The van der Waals surface area contributed by atoms with Gasteiger partial charge in [0.15, 0.2) is 0 Å². The Balaban J connectivity index is 2.26. The fraction of sp³-hybridized carbons (Fsp3) is 0. The maximum absolute atomic E-state index is 11.8. The standard InChI is InChI=1S/C17H9Cl2O2S/c18-11-6-4-10(5-7-11)12-2-1-3-13(15(12)17(20)21)16-14(19)8-9-22-16/h2-9H,(H,20,21). The summed E-state index contributed by atoms with van der Waals surface area (Å²) in [6.45, 7) is 0. The van der Waals surface area contributed by atoms with Crippen LogP contribution in [0.2, 0.25) is 10.0 Å². The fourth-order valence-corrected chi connectivity index (χ4v) is 3.56. The molecule has 3 rings (SSSR count). The lowest BCUT2D eigenvalue weighted by molar-refractivity contribution is 0.0698. The van der Waals surface area contributed by atoms with E-state index in [4.69, 9.17) is 23.2 Å². The quantitative estimate of drug-likeness (QED) is 0.641. The molecule has 1 radical (unpaired) electrons. The van der Waals surface area contributed by atoms with Gasteiger partial charge in [-0.3, -0.25) is 0 Å². The van der Waals surface area contributed by atoms with Gasteiger partial charge in [0.25, 0.3) is 0 Å². The second kappa shape index (κ2) is 6.13. The minimum Gasteiger partial charge on any atom is -0.478 e. The molecule has 0 spiro atoms. The van der Waals surface area contributed by atoms with Crippen molar-refractivity contribution in [3.63, 3.8) is 0 Å². The Morgan fingerprint density at radius 2 is 1.73 bits per heavy atom. The molecule has 109 valence electrons. The van der Waals surface area contributed by atoms with Crippen LogP contribution in [0.1, 0.15) is 10.4 Å². The topological polar surface area (TPSA) is 37.3 Å². The summed E-state index contributed by atoms with van der Waals surface area (Å²) < 4.78 is 0. The van der Waals surface area contributed by atoms with Crippen LogP contribution in [0.4, 0.5) is 0 Å². The summed E-state index contributed by atoms with van der Waals surface area (Å²) in [6, 6.07) is 15.1. The molecule has 0 saturated carbocycles. The van der Waals surface area contributed by atoms with Crippen molar-refractivity contribution in [3.8, 4) is 21.6 Å². The molecule has 0 bridgehead atoms. The van der Waals surface area contributed by atoms with Crippen LogP contribution in [0, 0.1) is 6.07 Å². The smallest absolute Gasteiger partial charge is 0.336 e. The number of carbonyl (C=O) groups is 1. The molecular formula is C17H9Cl2O2S. The molecule has 0 atom stereocenters. The Hall–Kier alpha value is -1.81. The minimum atomic E-state index is -1.00. The maximum Gasteiger partial charge on any atom is 0.336 e. The lowest BCUT2D eigenvalue weighted by Crippen LogP contribution is -2.02. The number of rotatable bonds is 3. The average molecular weight is 348 g/mol. The monoisotopic (exact) mass is 347 g/mol. The van der Waals surface area contributed by atoms with Gasteiger partial charge in [0.1, 0.15) is 0 Å². The van der Waals surface area contributed by atoms with Crippen LogP contribution in [0.15, 0.2) is 47.8 Å². The van der Waals surface area contributed by atoms with Gasteiger partial charge in [-0.15, -0.1) is 11.3 Å². The SMILES string of the molecule is O=C(O)c1c(-c2ccc(Cl)cc2)c[c]cc1-c1sccc1Cl. The molecule has 2 nitrogen and oxygen atoms in total. The molecule has 2 aromatic carbocycles. The fourth-order valence-electron chi connectivity index (χ4n) is 2.25. The Labute approximate surface area is 141 Å². The summed E-state index contributed by atoms with van der Waals surface area (Å²) in [5.74, 6) is -1.00. The zero-order valence-electron chi connectivity index (χ0n) is 11.1. The zero-order valence-corrected chi connectivity index (χ0v) is 13.5. The Kier molecular flexibility index (Phi) is 4.21. The van der Waals surface area contributed by atoms with Gasteiger partial charge in [-0.25, -0.2) is 4.79 Å². The first-order valence-corrected chi connectivity index (χ1v) is 7.98. The predicted octanol–water partition coefficient (Wildman–Crippen LogP) is 5.89. The molecular weight excluding hydrogens is 339 g/mol. The van der Waals surface area contributed by atoms with Crippen LogP contribution in [0.5, 0.6) is 0 Å². The van der Waals surface area contributed by atoms with Crippen LogP contribution < -0.4 is 0 Å². The highest BCUT2D eigenvalue weighted by molar-refractivity contribution is 7.14. The zero-order chi connectivity index (χ0) is 15.7. The Morgan fingerprint density at radius 1 is 1.05 bits per heavy atom. The van der Waals surface area contributed by atoms with Gasteiger partial charge >= 0.3 is 5.97 Å². The second-order valence-electron chi connectivity index (χ2n) is 4.57. The third kappa shape index (κ3) is 2.75. The van der Waals surface area contributed by atoms with Crippen molar-refractivity contribution in [1.29, 1.82) is 0 Å². The average Bonchev–Trinajstić information content (AvgIpc) is 2.93. The molecule has 22 heavy (non-hydrogen) atoms. The highest BCUT2D eigenvalue weighted by Crippen LogP contribution is 2.38. The molecule has 0 aliphatic rings. The van der Waals surface area contributed by atoms with E-state index in [2.05, 4.69) is 6.07 Å². The number of hydrogen-bond acceptors (Lipinski definition) is 2. The van der Waals surface area contributed by atoms with Crippen LogP contribution in [-0.4, -0.2) is 11.1 Å². The van der Waals surface area contributed by atoms with E-state index in [0.29, 0.717) is 21.2 Å². The molecule has 0 aliphatic heterocycles. The normalized spacial score (nSPS) is 10.6. The van der Waals surface area contributed by atoms with E-state index in [1.54, 1.807) is 42.5 Å². The highest BCUT2D eigenvalue weighted by atomic mass is 35.5. The second-order valence-corrected chi connectivity index (χ2v) is 6.33. The summed E-state index contributed by atoms with van der Waals surface area (Å²) in [7, 11) is 0. The van der Waals surface area contributed by atoms with Crippen LogP contribution >= 0.6 is 34.5 Å². The first-order valence-electron chi connectivity index (χ1n) is 6.34. The summed E-state index contributed by atoms with van der Waals surface area (Å²) in [4.78, 5) is 12.5. The third-order valence-corrected chi connectivity index (χ3v) is 4.85. The van der Waals surface area contributed by atoms with Crippen molar-refractivity contribution >= 4 is 40.5 Å². The van der Waals surface area contributed by atoms with Crippen LogP contribution in [0.3, 0.4) is 0 Å². The maximum atomic E-state index is 11.8. The van der Waals surface area contributed by atoms with Crippen molar-refractivity contribution in [2.45, 2.75) is 0 Å². The molecule has 0 saturated heterocycles. The molecule has 1 aromatic heterocycles. The molecule has 0 unspecified atom stereocenters. The highest BCUT2D eigenvalue weighted by Gasteiger charge is 2.20. The van der Waals surface area contributed by atoms with Crippen LogP contribution in [0.25, 0.3) is 21.6 Å². The molecule has 0 aliphatic carbocycles. The van der Waals surface area contributed by atoms with E-state index in [-0.39, 0.29) is 5.56 Å². The van der Waals surface area contributed by atoms with Gasteiger partial charge in [-0.2, -0.15) is 0 Å². The van der Waals surface area contributed by atoms with Crippen molar-refractivity contribution in [1.82, 2.24) is 0 Å². The summed E-state index contributed by atoms with van der Waals surface area (Å²) >= 11 is 13.5.